The summed E-state index contributed by atoms with van der Waals surface area (Å²) in [5.74, 6) is -0.800. The third-order valence-electron chi connectivity index (χ3n) is 4.61. The number of hydrogen-bond donors (Lipinski definition) is 1. The van der Waals surface area contributed by atoms with Crippen molar-refractivity contribution in [3.8, 4) is 0 Å². The summed E-state index contributed by atoms with van der Waals surface area (Å²) in [7, 11) is 0. The Morgan fingerprint density at radius 1 is 1.53 bits per heavy atom. The fourth-order valence-corrected chi connectivity index (χ4v) is 3.48. The number of nitrogens with zero attached hydrogens (tertiary/aromatic N) is 2. The Balaban J connectivity index is 2.22. The minimum absolute atomic E-state index is 0.130. The van der Waals surface area contributed by atoms with Crippen LogP contribution in [0.15, 0.2) is 4.99 Å². The lowest BCUT2D eigenvalue weighted by Crippen LogP contribution is -2.58. The van der Waals surface area contributed by atoms with Crippen LogP contribution in [0.1, 0.15) is 46.0 Å². The van der Waals surface area contributed by atoms with Gasteiger partial charge in [0.15, 0.2) is 5.96 Å². The highest BCUT2D eigenvalue weighted by Crippen LogP contribution is 2.46. The molecule has 0 aromatic carbocycles. The number of rotatable bonds is 2. The largest absolute Gasteiger partial charge is 0.391 e. The minimum atomic E-state index is -4.11. The van der Waals surface area contributed by atoms with Gasteiger partial charge in [0.25, 0.3) is 0 Å². The lowest BCUT2D eigenvalue weighted by atomic mass is 9.74. The fourth-order valence-electron chi connectivity index (χ4n) is 3.48. The molecule has 1 aliphatic heterocycles. The molecular weight excluding hydrogens is 255 g/mol. The van der Waals surface area contributed by atoms with Gasteiger partial charge in [0, 0.05) is 6.04 Å². The third-order valence-corrected chi connectivity index (χ3v) is 4.61. The van der Waals surface area contributed by atoms with Crippen molar-refractivity contribution >= 4 is 5.96 Å². The molecule has 0 aromatic rings. The summed E-state index contributed by atoms with van der Waals surface area (Å²) in [6.45, 7) is 4.44. The lowest BCUT2D eigenvalue weighted by molar-refractivity contribution is -0.191. The number of halogens is 3. The van der Waals surface area contributed by atoms with Crippen LogP contribution in [0.25, 0.3) is 0 Å². The summed E-state index contributed by atoms with van der Waals surface area (Å²) in [4.78, 5) is 6.18. The van der Waals surface area contributed by atoms with Gasteiger partial charge in [0.05, 0.1) is 18.0 Å². The molecule has 0 aromatic heterocycles. The van der Waals surface area contributed by atoms with Crippen molar-refractivity contribution in [1.29, 1.82) is 0 Å². The van der Waals surface area contributed by atoms with E-state index in [2.05, 4.69) is 4.99 Å². The van der Waals surface area contributed by atoms with Gasteiger partial charge in [0.2, 0.25) is 0 Å². The first kappa shape index (κ1) is 14.5. The molecule has 2 N–H and O–H groups in total. The number of guanidine groups is 1. The molecule has 1 saturated carbocycles. The zero-order chi connectivity index (χ0) is 14.3. The Labute approximate surface area is 112 Å². The normalized spacial score (nSPS) is 33.6. The molecule has 2 aliphatic rings. The van der Waals surface area contributed by atoms with E-state index < -0.39 is 17.6 Å². The molecule has 3 atom stereocenters. The van der Waals surface area contributed by atoms with E-state index in [1.54, 1.807) is 0 Å². The zero-order valence-electron chi connectivity index (χ0n) is 11.5. The average molecular weight is 277 g/mol. The summed E-state index contributed by atoms with van der Waals surface area (Å²) in [6, 6.07) is 0.137. The maximum absolute atomic E-state index is 13.0. The average Bonchev–Trinajstić information content (AvgIpc) is 2.65. The van der Waals surface area contributed by atoms with Crippen LogP contribution >= 0.6 is 0 Å². The van der Waals surface area contributed by atoms with Gasteiger partial charge in [-0.2, -0.15) is 13.2 Å². The summed E-state index contributed by atoms with van der Waals surface area (Å²) in [6.07, 6.45) is -1.53. The first-order chi connectivity index (χ1) is 8.80. The highest BCUT2D eigenvalue weighted by Gasteiger charge is 2.52. The quantitative estimate of drug-likeness (QED) is 0.843. The molecule has 0 bridgehead atoms. The van der Waals surface area contributed by atoms with Crippen molar-refractivity contribution in [2.24, 2.45) is 16.6 Å². The molecule has 3 nitrogen and oxygen atoms in total. The predicted molar refractivity (Wildman–Crippen MR) is 68.8 cm³/mol. The SMILES string of the molecule is CCC(C)N1C(N)=NCC12CCCC(C(F)(F)F)C2. The number of aliphatic imine (C=N–C) groups is 1. The molecule has 1 fully saturated rings. The highest BCUT2D eigenvalue weighted by atomic mass is 19.4. The molecule has 110 valence electrons. The van der Waals surface area contributed by atoms with Crippen LogP contribution in [0.5, 0.6) is 0 Å². The zero-order valence-corrected chi connectivity index (χ0v) is 11.5. The molecule has 6 heteroatoms. The van der Waals surface area contributed by atoms with E-state index in [-0.39, 0.29) is 18.9 Å². The van der Waals surface area contributed by atoms with Gasteiger partial charge in [-0.3, -0.25) is 4.99 Å². The Kier molecular flexibility index (Phi) is 3.71. The first-order valence-electron chi connectivity index (χ1n) is 6.96. The van der Waals surface area contributed by atoms with Gasteiger partial charge in [0.1, 0.15) is 0 Å². The van der Waals surface area contributed by atoms with Crippen molar-refractivity contribution in [2.45, 2.75) is 63.7 Å². The Morgan fingerprint density at radius 3 is 2.79 bits per heavy atom. The Hall–Kier alpha value is -0.940. The Bertz CT molecular complexity index is 367. The minimum Gasteiger partial charge on any atom is -0.370 e. The predicted octanol–water partition coefficient (Wildman–Crippen LogP) is 2.91. The van der Waals surface area contributed by atoms with Crippen LogP contribution in [0, 0.1) is 5.92 Å². The van der Waals surface area contributed by atoms with Crippen molar-refractivity contribution in [3.63, 3.8) is 0 Å². The topological polar surface area (TPSA) is 41.6 Å². The molecule has 1 aliphatic carbocycles. The van der Waals surface area contributed by atoms with E-state index in [1.165, 1.54) is 0 Å². The number of hydrogen-bond acceptors (Lipinski definition) is 3. The second-order valence-corrected chi connectivity index (χ2v) is 5.86. The van der Waals surface area contributed by atoms with Crippen LogP contribution in [0.2, 0.25) is 0 Å². The fraction of sp³-hybridized carbons (Fsp3) is 0.923. The lowest BCUT2D eigenvalue weighted by Gasteiger charge is -2.47. The molecule has 0 amide bonds. The maximum Gasteiger partial charge on any atom is 0.391 e. The van der Waals surface area contributed by atoms with Gasteiger partial charge in [-0.1, -0.05) is 13.3 Å². The van der Waals surface area contributed by atoms with Gasteiger partial charge < -0.3 is 10.6 Å². The number of alkyl halides is 3. The molecule has 2 rings (SSSR count). The third kappa shape index (κ3) is 2.54. The van der Waals surface area contributed by atoms with Gasteiger partial charge >= 0.3 is 6.18 Å². The first-order valence-corrected chi connectivity index (χ1v) is 6.96. The van der Waals surface area contributed by atoms with Crippen LogP contribution in [-0.4, -0.2) is 35.2 Å². The van der Waals surface area contributed by atoms with E-state index in [0.29, 0.717) is 18.9 Å². The van der Waals surface area contributed by atoms with E-state index in [1.807, 2.05) is 18.7 Å². The highest BCUT2D eigenvalue weighted by molar-refractivity contribution is 5.81. The molecule has 3 unspecified atom stereocenters. The second-order valence-electron chi connectivity index (χ2n) is 5.86. The number of nitrogens with two attached hydrogens (primary N) is 1. The van der Waals surface area contributed by atoms with Gasteiger partial charge in [-0.25, -0.2) is 0 Å². The molecule has 0 saturated heterocycles. The monoisotopic (exact) mass is 277 g/mol. The van der Waals surface area contributed by atoms with Crippen LogP contribution < -0.4 is 5.73 Å². The van der Waals surface area contributed by atoms with Crippen LogP contribution in [0.4, 0.5) is 13.2 Å². The smallest absolute Gasteiger partial charge is 0.370 e. The van der Waals surface area contributed by atoms with Crippen molar-refractivity contribution in [1.82, 2.24) is 4.90 Å². The molecular formula is C13H22F3N3. The van der Waals surface area contributed by atoms with Crippen LogP contribution in [-0.2, 0) is 0 Å². The van der Waals surface area contributed by atoms with Crippen molar-refractivity contribution < 1.29 is 13.2 Å². The summed E-state index contributed by atoms with van der Waals surface area (Å²) in [5, 5.41) is 0. The summed E-state index contributed by atoms with van der Waals surface area (Å²) < 4.78 is 39.0. The molecule has 19 heavy (non-hydrogen) atoms. The van der Waals surface area contributed by atoms with E-state index >= 15 is 0 Å². The van der Waals surface area contributed by atoms with Crippen molar-refractivity contribution in [2.75, 3.05) is 6.54 Å². The Morgan fingerprint density at radius 2 is 2.21 bits per heavy atom. The standard InChI is InChI=1S/C13H22F3N3/c1-3-9(2)19-11(17)18-8-12(19)6-4-5-10(7-12)13(14,15)16/h9-10H,3-8H2,1-2H3,(H2,17,18). The van der Waals surface area contributed by atoms with Gasteiger partial charge in [-0.05, 0) is 32.6 Å². The van der Waals surface area contributed by atoms with Gasteiger partial charge in [-0.15, -0.1) is 0 Å². The second kappa shape index (κ2) is 4.87. The summed E-state index contributed by atoms with van der Waals surface area (Å²) >= 11 is 0. The van der Waals surface area contributed by atoms with E-state index in [0.717, 1.165) is 12.8 Å². The summed E-state index contributed by atoms with van der Waals surface area (Å²) in [5.41, 5.74) is 5.41. The van der Waals surface area contributed by atoms with Crippen molar-refractivity contribution in [3.05, 3.63) is 0 Å². The molecule has 1 spiro atoms. The molecule has 1 heterocycles. The molecule has 0 radical (unpaired) electrons. The van der Waals surface area contributed by atoms with E-state index in [4.69, 9.17) is 5.73 Å². The van der Waals surface area contributed by atoms with Crippen LogP contribution in [0.3, 0.4) is 0 Å². The van der Waals surface area contributed by atoms with E-state index in [9.17, 15) is 13.2 Å². The maximum atomic E-state index is 13.0.